The molecule has 0 aliphatic heterocycles. The van der Waals surface area contributed by atoms with Crippen molar-refractivity contribution in [2.24, 2.45) is 0 Å². The summed E-state index contributed by atoms with van der Waals surface area (Å²) in [4.78, 5) is 15.4. The van der Waals surface area contributed by atoms with Gasteiger partial charge in [-0.15, -0.1) is 0 Å². The Morgan fingerprint density at radius 3 is 2.48 bits per heavy atom. The predicted molar refractivity (Wildman–Crippen MR) is 122 cm³/mol. The smallest absolute Gasteiger partial charge is 0.335 e. The average Bonchev–Trinajstić information content (AvgIpc) is 2.74. The van der Waals surface area contributed by atoms with E-state index in [1.807, 2.05) is 48.5 Å². The summed E-state index contributed by atoms with van der Waals surface area (Å²) in [5.41, 5.74) is 3.98. The Labute approximate surface area is 186 Å². The van der Waals surface area contributed by atoms with Crippen LogP contribution in [0.25, 0.3) is 0 Å². The van der Waals surface area contributed by atoms with Crippen molar-refractivity contribution in [3.63, 3.8) is 0 Å². The van der Waals surface area contributed by atoms with Crippen molar-refractivity contribution in [1.29, 1.82) is 0 Å². The van der Waals surface area contributed by atoms with Crippen molar-refractivity contribution in [1.82, 2.24) is 4.98 Å². The molecule has 0 spiro atoms. The third-order valence-corrected chi connectivity index (χ3v) is 5.69. The monoisotopic (exact) mass is 440 g/mol. The highest BCUT2D eigenvalue weighted by Crippen LogP contribution is 2.38. The van der Waals surface area contributed by atoms with Gasteiger partial charge in [0.15, 0.2) is 0 Å². The average molecular weight is 441 g/mol. The molecule has 0 saturated carbocycles. The van der Waals surface area contributed by atoms with E-state index >= 15 is 0 Å². The lowest BCUT2D eigenvalue weighted by molar-refractivity contribution is 0.0697. The molecule has 1 N–H and O–H groups in total. The quantitative estimate of drug-likeness (QED) is 0.421. The van der Waals surface area contributed by atoms with Crippen LogP contribution in [0.3, 0.4) is 0 Å². The Balaban J connectivity index is 1.88. The number of alkyl halides is 1. The molecule has 3 aromatic rings. The Morgan fingerprint density at radius 1 is 1.16 bits per heavy atom. The Morgan fingerprint density at radius 2 is 1.87 bits per heavy atom. The van der Waals surface area contributed by atoms with Crippen LogP contribution in [-0.2, 0) is 6.61 Å². The van der Waals surface area contributed by atoms with E-state index in [0.29, 0.717) is 5.75 Å². The second-order valence-electron chi connectivity index (χ2n) is 7.30. The number of nitrogens with zero attached hydrogens (tertiary/aromatic N) is 2. The number of carboxylic acid groups (broad SMARTS) is 1. The van der Waals surface area contributed by atoms with E-state index in [4.69, 9.17) is 9.84 Å². The van der Waals surface area contributed by atoms with E-state index in [-0.39, 0.29) is 18.7 Å². The van der Waals surface area contributed by atoms with Crippen LogP contribution in [0.15, 0.2) is 65.8 Å². The first-order valence-corrected chi connectivity index (χ1v) is 10.7. The topological polar surface area (TPSA) is 62.7 Å². The largest absolute Gasteiger partial charge is 0.487 e. The molecular formula is C24H25FN2O3S. The first kappa shape index (κ1) is 22.6. The van der Waals surface area contributed by atoms with Gasteiger partial charge in [-0.1, -0.05) is 18.2 Å². The first-order chi connectivity index (χ1) is 14.8. The van der Waals surface area contributed by atoms with Gasteiger partial charge in [0.05, 0.1) is 17.8 Å². The molecule has 0 radical (unpaired) electrons. The van der Waals surface area contributed by atoms with Crippen LogP contribution < -0.4 is 9.04 Å². The highest BCUT2D eigenvalue weighted by Gasteiger charge is 2.19. The van der Waals surface area contributed by atoms with Crippen molar-refractivity contribution in [3.8, 4) is 5.75 Å². The number of aromatic nitrogens is 1. The Hall–Kier alpha value is -3.06. The number of carboxylic acids is 1. The number of rotatable bonds is 9. The zero-order valence-corrected chi connectivity index (χ0v) is 18.5. The van der Waals surface area contributed by atoms with Crippen LogP contribution in [-0.4, -0.2) is 28.8 Å². The molecule has 3 rings (SSSR count). The molecule has 1 atom stereocenters. The fraction of sp³-hybridized carbons (Fsp3) is 0.250. The molecule has 0 amide bonds. The highest BCUT2D eigenvalue weighted by atomic mass is 32.2. The van der Waals surface area contributed by atoms with E-state index in [2.05, 4.69) is 4.98 Å². The molecule has 1 aromatic heterocycles. The van der Waals surface area contributed by atoms with Gasteiger partial charge in [0.1, 0.15) is 23.6 Å². The van der Waals surface area contributed by atoms with E-state index < -0.39 is 12.1 Å². The molecule has 0 bridgehead atoms. The summed E-state index contributed by atoms with van der Waals surface area (Å²) in [7, 11) is 0. The molecule has 0 aliphatic rings. The Kier molecular flexibility index (Phi) is 7.52. The number of anilines is 1. The predicted octanol–water partition coefficient (Wildman–Crippen LogP) is 5.85. The van der Waals surface area contributed by atoms with Crippen molar-refractivity contribution in [3.05, 3.63) is 83.0 Å². The number of aryl methyl sites for hydroxylation is 2. The van der Waals surface area contributed by atoms with Crippen LogP contribution >= 0.6 is 11.9 Å². The maximum Gasteiger partial charge on any atom is 0.335 e. The lowest BCUT2D eigenvalue weighted by atomic mass is 10.1. The summed E-state index contributed by atoms with van der Waals surface area (Å²) in [6.07, 6.45) is 0.659. The van der Waals surface area contributed by atoms with Crippen molar-refractivity contribution >= 4 is 23.6 Å². The van der Waals surface area contributed by atoms with Crippen LogP contribution in [0.4, 0.5) is 10.1 Å². The Bertz CT molecular complexity index is 1030. The maximum absolute atomic E-state index is 14.0. The van der Waals surface area contributed by atoms with Crippen LogP contribution in [0.1, 0.15) is 34.0 Å². The minimum Gasteiger partial charge on any atom is -0.487 e. The molecular weight excluding hydrogens is 415 g/mol. The zero-order chi connectivity index (χ0) is 22.4. The minimum absolute atomic E-state index is 0.174. The number of hydrogen-bond acceptors (Lipinski definition) is 5. The zero-order valence-electron chi connectivity index (χ0n) is 17.7. The molecule has 7 heteroatoms. The van der Waals surface area contributed by atoms with Gasteiger partial charge < -0.3 is 14.1 Å². The fourth-order valence-corrected chi connectivity index (χ4v) is 3.91. The molecule has 2 aromatic carbocycles. The normalized spacial score (nSPS) is 11.7. The number of benzene rings is 2. The van der Waals surface area contributed by atoms with E-state index in [1.165, 1.54) is 18.9 Å². The summed E-state index contributed by atoms with van der Waals surface area (Å²) < 4.78 is 22.0. The van der Waals surface area contributed by atoms with Gasteiger partial charge in [-0.2, -0.15) is 0 Å². The molecule has 1 unspecified atom stereocenters. The third kappa shape index (κ3) is 6.21. The van der Waals surface area contributed by atoms with E-state index in [1.54, 1.807) is 30.5 Å². The molecule has 0 saturated heterocycles. The second kappa shape index (κ2) is 10.3. The SMILES string of the molecule is Cc1cc(OCc2ccc(C(=O)O)cc2)c(N(CC(C)F)Sc2ccccn2)cc1C. The molecule has 0 fully saturated rings. The summed E-state index contributed by atoms with van der Waals surface area (Å²) in [6, 6.07) is 16.1. The van der Waals surface area contributed by atoms with Crippen molar-refractivity contribution in [2.45, 2.75) is 38.6 Å². The minimum atomic E-state index is -1.05. The first-order valence-electron chi connectivity index (χ1n) is 9.90. The van der Waals surface area contributed by atoms with Gasteiger partial charge >= 0.3 is 5.97 Å². The van der Waals surface area contributed by atoms with Crippen LogP contribution in [0.2, 0.25) is 0 Å². The van der Waals surface area contributed by atoms with Crippen molar-refractivity contribution in [2.75, 3.05) is 10.8 Å². The fourth-order valence-electron chi connectivity index (χ4n) is 2.92. The maximum atomic E-state index is 14.0. The number of carbonyl (C=O) groups is 1. The summed E-state index contributed by atoms with van der Waals surface area (Å²) >= 11 is 1.36. The van der Waals surface area contributed by atoms with Crippen LogP contribution in [0.5, 0.6) is 5.75 Å². The lowest BCUT2D eigenvalue weighted by Crippen LogP contribution is -2.23. The number of aromatic carboxylic acids is 1. The lowest BCUT2D eigenvalue weighted by Gasteiger charge is -2.26. The summed E-state index contributed by atoms with van der Waals surface area (Å²) in [6.45, 7) is 5.98. The summed E-state index contributed by atoms with van der Waals surface area (Å²) in [5, 5.41) is 9.82. The number of halogens is 1. The molecule has 5 nitrogen and oxygen atoms in total. The molecule has 31 heavy (non-hydrogen) atoms. The van der Waals surface area contributed by atoms with E-state index in [0.717, 1.165) is 27.4 Å². The van der Waals surface area contributed by atoms with Gasteiger partial charge in [0.25, 0.3) is 0 Å². The second-order valence-corrected chi connectivity index (χ2v) is 8.34. The van der Waals surface area contributed by atoms with E-state index in [9.17, 15) is 9.18 Å². The van der Waals surface area contributed by atoms with Crippen LogP contribution in [0, 0.1) is 13.8 Å². The van der Waals surface area contributed by atoms with Gasteiger partial charge in [0, 0.05) is 18.1 Å². The molecule has 162 valence electrons. The number of pyridine rings is 1. The number of hydrogen-bond donors (Lipinski definition) is 1. The van der Waals surface area contributed by atoms with Gasteiger partial charge in [-0.3, -0.25) is 0 Å². The van der Waals surface area contributed by atoms with Gasteiger partial charge in [-0.05, 0) is 73.9 Å². The number of ether oxygens (including phenoxy) is 1. The molecule has 0 aliphatic carbocycles. The standard InChI is InChI=1S/C24H25FN2O3S/c1-16-12-21(27(14-18(3)25)31-23-6-4-5-11-26-23)22(13-17(16)2)30-15-19-7-9-20(10-8-19)24(28)29/h4-13,18H,14-15H2,1-3H3,(H,28,29). The third-order valence-electron chi connectivity index (χ3n) is 4.70. The van der Waals surface area contributed by atoms with Gasteiger partial charge in [0.2, 0.25) is 0 Å². The highest BCUT2D eigenvalue weighted by molar-refractivity contribution is 8.00. The molecule has 1 heterocycles. The van der Waals surface area contributed by atoms with Crippen molar-refractivity contribution < 1.29 is 19.0 Å². The summed E-state index contributed by atoms with van der Waals surface area (Å²) in [5.74, 6) is -0.332. The van der Waals surface area contributed by atoms with Gasteiger partial charge in [-0.25, -0.2) is 14.2 Å².